The van der Waals surface area contributed by atoms with Gasteiger partial charge in [0.25, 0.3) is 0 Å². The number of rotatable bonds is 6. The second kappa shape index (κ2) is 7.69. The van der Waals surface area contributed by atoms with Gasteiger partial charge in [-0.05, 0) is 30.3 Å². The zero-order valence-corrected chi connectivity index (χ0v) is 14.3. The van der Waals surface area contributed by atoms with Gasteiger partial charge in [0.05, 0.1) is 30.1 Å². The summed E-state index contributed by atoms with van der Waals surface area (Å²) in [5.74, 6) is -1.18. The summed E-state index contributed by atoms with van der Waals surface area (Å²) in [6, 6.07) is 8.79. The molecule has 2 rings (SSSR count). The topological polar surface area (TPSA) is 79.4 Å². The Hall–Kier alpha value is -2.03. The summed E-state index contributed by atoms with van der Waals surface area (Å²) in [7, 11) is -3.62. The average Bonchev–Trinajstić information content (AvgIpc) is 2.50. The van der Waals surface area contributed by atoms with Crippen molar-refractivity contribution in [1.82, 2.24) is 9.29 Å². The smallest absolute Gasteiger partial charge is 0.239 e. The van der Waals surface area contributed by atoms with E-state index >= 15 is 0 Å². The molecule has 2 aromatic rings. The minimum absolute atomic E-state index is 0.0305. The fraction of sp³-hybridized carbons (Fsp3) is 0.200. The third-order valence-electron chi connectivity index (χ3n) is 3.06. The molecule has 0 unspecified atom stereocenters. The lowest BCUT2D eigenvalue weighted by molar-refractivity contribution is -0.116. The van der Waals surface area contributed by atoms with Gasteiger partial charge in [-0.2, -0.15) is 4.31 Å². The maximum absolute atomic E-state index is 13.1. The predicted molar refractivity (Wildman–Crippen MR) is 89.5 cm³/mol. The van der Waals surface area contributed by atoms with Gasteiger partial charge in [0.2, 0.25) is 15.9 Å². The average molecular weight is 372 g/mol. The largest absolute Gasteiger partial charge is 0.325 e. The number of hydrogen-bond acceptors (Lipinski definition) is 4. The Bertz CT molecular complexity index is 831. The molecule has 1 heterocycles. The zero-order chi connectivity index (χ0) is 17.7. The monoisotopic (exact) mass is 371 g/mol. The third-order valence-corrected chi connectivity index (χ3v) is 4.54. The molecule has 0 bridgehead atoms. The number of nitrogens with zero attached hydrogens (tertiary/aromatic N) is 2. The van der Waals surface area contributed by atoms with Crippen LogP contribution in [-0.4, -0.2) is 36.4 Å². The lowest BCUT2D eigenvalue weighted by Gasteiger charge is -2.19. The van der Waals surface area contributed by atoms with Gasteiger partial charge >= 0.3 is 0 Å². The number of aromatic nitrogens is 1. The number of pyridine rings is 1. The van der Waals surface area contributed by atoms with Gasteiger partial charge in [0, 0.05) is 11.9 Å². The first-order valence-corrected chi connectivity index (χ1v) is 9.08. The fourth-order valence-corrected chi connectivity index (χ4v) is 2.80. The summed E-state index contributed by atoms with van der Waals surface area (Å²) in [5.41, 5.74) is 0.790. The van der Waals surface area contributed by atoms with E-state index in [4.69, 9.17) is 11.6 Å². The molecule has 6 nitrogen and oxygen atoms in total. The summed E-state index contributed by atoms with van der Waals surface area (Å²) in [6.07, 6.45) is 2.55. The SMILES string of the molecule is CS(=O)(=O)N(CC(=O)Nc1ccc(F)c(Cl)c1)Cc1ccccn1. The molecule has 1 aromatic carbocycles. The highest BCUT2D eigenvalue weighted by molar-refractivity contribution is 7.88. The van der Waals surface area contributed by atoms with E-state index in [2.05, 4.69) is 10.3 Å². The Morgan fingerprint density at radius 3 is 2.67 bits per heavy atom. The van der Waals surface area contributed by atoms with Gasteiger partial charge in [-0.15, -0.1) is 0 Å². The number of hydrogen-bond donors (Lipinski definition) is 1. The van der Waals surface area contributed by atoms with E-state index in [1.807, 2.05) is 0 Å². The number of anilines is 1. The van der Waals surface area contributed by atoms with Gasteiger partial charge < -0.3 is 5.32 Å². The summed E-state index contributed by atoms with van der Waals surface area (Å²) >= 11 is 5.64. The third kappa shape index (κ3) is 5.26. The van der Waals surface area contributed by atoms with Crippen LogP contribution in [0, 0.1) is 5.82 Å². The number of carbonyl (C=O) groups is 1. The van der Waals surface area contributed by atoms with Gasteiger partial charge in [0.15, 0.2) is 0 Å². The van der Waals surface area contributed by atoms with Gasteiger partial charge in [-0.3, -0.25) is 9.78 Å². The lowest BCUT2D eigenvalue weighted by Crippen LogP contribution is -2.37. The van der Waals surface area contributed by atoms with E-state index in [0.717, 1.165) is 16.6 Å². The van der Waals surface area contributed by atoms with Crippen LogP contribution in [0.25, 0.3) is 0 Å². The standard InChI is InChI=1S/C15H15ClFN3O3S/c1-24(22,23)20(9-12-4-2-3-7-18-12)10-15(21)19-11-5-6-14(17)13(16)8-11/h2-8H,9-10H2,1H3,(H,19,21). The van der Waals surface area contributed by atoms with Crippen molar-refractivity contribution < 1.29 is 17.6 Å². The molecular formula is C15H15ClFN3O3S. The molecule has 1 aromatic heterocycles. The van der Waals surface area contributed by atoms with Crippen molar-refractivity contribution in [3.8, 4) is 0 Å². The normalized spacial score (nSPS) is 11.5. The van der Waals surface area contributed by atoms with Gasteiger partial charge in [-0.1, -0.05) is 17.7 Å². The minimum atomic E-state index is -3.62. The van der Waals surface area contributed by atoms with Crippen LogP contribution in [0.4, 0.5) is 10.1 Å². The quantitative estimate of drug-likeness (QED) is 0.844. The molecule has 0 saturated heterocycles. The molecule has 0 saturated carbocycles. The van der Waals surface area contributed by atoms with Crippen LogP contribution in [0.15, 0.2) is 42.6 Å². The predicted octanol–water partition coefficient (Wildman–Crippen LogP) is 2.27. The number of halogens is 2. The maximum Gasteiger partial charge on any atom is 0.239 e. The number of carbonyl (C=O) groups excluding carboxylic acids is 1. The maximum atomic E-state index is 13.1. The Kier molecular flexibility index (Phi) is 5.87. The molecule has 0 fully saturated rings. The van der Waals surface area contributed by atoms with E-state index in [0.29, 0.717) is 5.69 Å². The van der Waals surface area contributed by atoms with Crippen molar-refractivity contribution in [3.05, 3.63) is 59.1 Å². The first-order chi connectivity index (χ1) is 11.3. The van der Waals surface area contributed by atoms with E-state index in [1.165, 1.54) is 18.3 Å². The molecule has 1 amide bonds. The molecule has 0 aliphatic rings. The first kappa shape index (κ1) is 18.3. The van der Waals surface area contributed by atoms with Crippen LogP contribution in [0.5, 0.6) is 0 Å². The highest BCUT2D eigenvalue weighted by atomic mass is 35.5. The van der Waals surface area contributed by atoms with E-state index in [1.54, 1.807) is 18.2 Å². The van der Waals surface area contributed by atoms with Crippen LogP contribution < -0.4 is 5.32 Å². The van der Waals surface area contributed by atoms with Crippen molar-refractivity contribution >= 4 is 33.2 Å². The van der Waals surface area contributed by atoms with Crippen LogP contribution >= 0.6 is 11.6 Å². The second-order valence-corrected chi connectivity index (χ2v) is 7.42. The Morgan fingerprint density at radius 2 is 2.08 bits per heavy atom. The molecule has 0 aliphatic heterocycles. The lowest BCUT2D eigenvalue weighted by atomic mass is 10.3. The van der Waals surface area contributed by atoms with Crippen LogP contribution in [0.1, 0.15) is 5.69 Å². The van der Waals surface area contributed by atoms with Gasteiger partial charge in [0.1, 0.15) is 5.82 Å². The summed E-state index contributed by atoms with van der Waals surface area (Å²) in [6.45, 7) is -0.429. The number of sulfonamides is 1. The fourth-order valence-electron chi connectivity index (χ4n) is 1.90. The van der Waals surface area contributed by atoms with E-state index in [9.17, 15) is 17.6 Å². The van der Waals surface area contributed by atoms with Crippen LogP contribution in [-0.2, 0) is 21.4 Å². The van der Waals surface area contributed by atoms with Crippen LogP contribution in [0.3, 0.4) is 0 Å². The Morgan fingerprint density at radius 1 is 1.33 bits per heavy atom. The first-order valence-electron chi connectivity index (χ1n) is 6.85. The van der Waals surface area contributed by atoms with Crippen molar-refractivity contribution in [2.24, 2.45) is 0 Å². The van der Waals surface area contributed by atoms with Crippen LogP contribution in [0.2, 0.25) is 5.02 Å². The van der Waals surface area contributed by atoms with Gasteiger partial charge in [-0.25, -0.2) is 12.8 Å². The molecule has 0 radical (unpaired) electrons. The minimum Gasteiger partial charge on any atom is -0.325 e. The van der Waals surface area contributed by atoms with Crippen molar-refractivity contribution in [1.29, 1.82) is 0 Å². The summed E-state index contributed by atoms with van der Waals surface area (Å²) in [4.78, 5) is 16.1. The highest BCUT2D eigenvalue weighted by Gasteiger charge is 2.21. The summed E-state index contributed by atoms with van der Waals surface area (Å²) < 4.78 is 37.8. The van der Waals surface area contributed by atoms with E-state index in [-0.39, 0.29) is 17.3 Å². The molecule has 24 heavy (non-hydrogen) atoms. The van der Waals surface area contributed by atoms with Crippen molar-refractivity contribution in [2.75, 3.05) is 18.1 Å². The molecular weight excluding hydrogens is 357 g/mol. The molecule has 1 N–H and O–H groups in total. The Labute approximate surface area is 144 Å². The number of benzene rings is 1. The summed E-state index contributed by atoms with van der Waals surface area (Å²) in [5, 5.41) is 2.34. The molecule has 128 valence electrons. The molecule has 0 spiro atoms. The van der Waals surface area contributed by atoms with Crippen molar-refractivity contribution in [3.63, 3.8) is 0 Å². The van der Waals surface area contributed by atoms with Crippen molar-refractivity contribution in [2.45, 2.75) is 6.54 Å². The molecule has 0 aliphatic carbocycles. The second-order valence-electron chi connectivity index (χ2n) is 5.03. The number of nitrogens with one attached hydrogen (secondary N) is 1. The molecule has 0 atom stereocenters. The Balaban J connectivity index is 2.08. The van der Waals surface area contributed by atoms with E-state index < -0.39 is 28.3 Å². The highest BCUT2D eigenvalue weighted by Crippen LogP contribution is 2.19. The molecule has 9 heteroatoms. The number of amides is 1. The zero-order valence-electron chi connectivity index (χ0n) is 12.7.